The molecule has 0 saturated carbocycles. The fraction of sp³-hybridized carbons (Fsp3) is 0.548. The number of alkyl halides is 3. The third-order valence-electron chi connectivity index (χ3n) is 7.43. The number of nitrogens with one attached hydrogen (secondary N) is 1. The third kappa shape index (κ3) is 10.6. The monoisotopic (exact) mass is 602 g/mol. The van der Waals surface area contributed by atoms with Gasteiger partial charge in [0.15, 0.2) is 11.5 Å². The Morgan fingerprint density at radius 1 is 1.24 bits per heavy atom. The van der Waals surface area contributed by atoms with Crippen molar-refractivity contribution in [1.29, 1.82) is 5.26 Å². The molecule has 228 valence electrons. The van der Waals surface area contributed by atoms with Crippen LogP contribution in [0, 0.1) is 11.3 Å². The molecule has 11 heteroatoms. The fourth-order valence-corrected chi connectivity index (χ4v) is 5.88. The Morgan fingerprint density at radius 3 is 2.55 bits per heavy atom. The van der Waals surface area contributed by atoms with Crippen molar-refractivity contribution in [3.05, 3.63) is 58.7 Å². The Balaban J connectivity index is 0.000000730. The molecule has 0 atom stereocenters. The van der Waals surface area contributed by atoms with Gasteiger partial charge in [-0.3, -0.25) is 9.59 Å². The van der Waals surface area contributed by atoms with Gasteiger partial charge in [-0.2, -0.15) is 18.4 Å². The van der Waals surface area contributed by atoms with Crippen LogP contribution >= 0.6 is 0 Å². The average Bonchev–Trinajstić information content (AvgIpc) is 3.39. The van der Waals surface area contributed by atoms with Crippen LogP contribution in [0.1, 0.15) is 77.4 Å². The highest BCUT2D eigenvalue weighted by Gasteiger charge is 2.25. The number of imidazole rings is 1. The van der Waals surface area contributed by atoms with E-state index >= 15 is 0 Å². The molecule has 1 saturated heterocycles. The molecule has 1 aromatic carbocycles. The lowest BCUT2D eigenvalue weighted by atomic mass is 9.84. The molecule has 0 radical (unpaired) electrons. The Kier molecular flexibility index (Phi) is 12.3. The lowest BCUT2D eigenvalue weighted by Crippen LogP contribution is -2.26. The Labute approximate surface area is 247 Å². The normalized spacial score (nSPS) is 16.2. The lowest BCUT2D eigenvalue weighted by molar-refractivity contribution is -0.156. The molecule has 1 fully saturated rings. The largest absolute Gasteiger partial charge is 0.446 e. The summed E-state index contributed by atoms with van der Waals surface area (Å²) >= 11 is 0. The summed E-state index contributed by atoms with van der Waals surface area (Å²) in [6.45, 7) is 9.96. The molecule has 2 heterocycles. The Hall–Kier alpha value is -3.07. The van der Waals surface area contributed by atoms with Crippen molar-refractivity contribution in [2.45, 2.75) is 89.5 Å². The summed E-state index contributed by atoms with van der Waals surface area (Å²) in [5.74, 6) is 0.812. The molecule has 1 aliphatic heterocycles. The smallest absolute Gasteiger partial charge is 0.361 e. The maximum atomic E-state index is 13.5. The van der Waals surface area contributed by atoms with Crippen LogP contribution in [0.3, 0.4) is 0 Å². The van der Waals surface area contributed by atoms with Crippen molar-refractivity contribution in [3.8, 4) is 6.07 Å². The molecule has 0 amide bonds. The number of aromatic nitrogens is 2. The van der Waals surface area contributed by atoms with Gasteiger partial charge in [-0.1, -0.05) is 43.9 Å². The van der Waals surface area contributed by atoms with Gasteiger partial charge < -0.3 is 14.6 Å². The molecule has 0 bridgehead atoms. The van der Waals surface area contributed by atoms with E-state index in [-0.39, 0.29) is 24.6 Å². The number of piperidine rings is 1. The fourth-order valence-electron chi connectivity index (χ4n) is 5.12. The van der Waals surface area contributed by atoms with Crippen LogP contribution in [0.15, 0.2) is 30.5 Å². The van der Waals surface area contributed by atoms with Crippen LogP contribution in [-0.4, -0.2) is 55.6 Å². The number of halogens is 3. The van der Waals surface area contributed by atoms with E-state index in [0.717, 1.165) is 50.4 Å². The van der Waals surface area contributed by atoms with Gasteiger partial charge in [0.25, 0.3) is 0 Å². The number of rotatable bonds is 10. The van der Waals surface area contributed by atoms with Crippen LogP contribution in [0.4, 0.5) is 13.2 Å². The second kappa shape index (κ2) is 15.4. The van der Waals surface area contributed by atoms with Crippen molar-refractivity contribution in [2.75, 3.05) is 19.7 Å². The standard InChI is InChI=1S/C29H40N4O2Si.C2HF3O/c1-36(2,3)16-15-35-21-33-20-26(19-30)32-29(33)28(34)18-25-10-9-24(22-11-13-31-14-12-22)17-27(25)23-7-5-4-6-8-23;3-2(4,5)1-6/h7,9-10,17,20,22,31H,4-6,8,11-16,18,21H2,1-3H3;1H. The molecule has 0 unspecified atom stereocenters. The second-order valence-electron chi connectivity index (χ2n) is 12.1. The van der Waals surface area contributed by atoms with Gasteiger partial charge in [-0.25, -0.2) is 4.98 Å². The van der Waals surface area contributed by atoms with Crippen LogP contribution in [0.5, 0.6) is 0 Å². The summed E-state index contributed by atoms with van der Waals surface area (Å²) in [6, 6.07) is 9.86. The molecular weight excluding hydrogens is 561 g/mol. The minimum atomic E-state index is -4.64. The van der Waals surface area contributed by atoms with Crippen molar-refractivity contribution < 1.29 is 27.5 Å². The van der Waals surface area contributed by atoms with Gasteiger partial charge in [0.05, 0.1) is 0 Å². The number of nitrogens with zero attached hydrogens (tertiary/aromatic N) is 3. The first-order valence-corrected chi connectivity index (χ1v) is 18.2. The van der Waals surface area contributed by atoms with Gasteiger partial charge in [-0.15, -0.1) is 0 Å². The predicted octanol–water partition coefficient (Wildman–Crippen LogP) is 6.66. The summed E-state index contributed by atoms with van der Waals surface area (Å²) in [5.41, 5.74) is 5.29. The van der Waals surface area contributed by atoms with E-state index in [0.29, 0.717) is 18.3 Å². The Morgan fingerprint density at radius 2 is 1.95 bits per heavy atom. The molecule has 1 aliphatic carbocycles. The predicted molar refractivity (Wildman–Crippen MR) is 159 cm³/mol. The van der Waals surface area contributed by atoms with E-state index < -0.39 is 20.5 Å². The van der Waals surface area contributed by atoms with Crippen molar-refractivity contribution in [3.63, 3.8) is 0 Å². The zero-order valence-corrected chi connectivity index (χ0v) is 25.7. The van der Waals surface area contributed by atoms with Gasteiger partial charge >= 0.3 is 6.18 Å². The third-order valence-corrected chi connectivity index (χ3v) is 9.14. The quantitative estimate of drug-likeness (QED) is 0.141. The number of carbonyl (C=O) groups is 2. The number of aldehydes is 1. The topological polar surface area (TPSA) is 97.0 Å². The number of hydrogen-bond acceptors (Lipinski definition) is 6. The Bertz CT molecular complexity index is 1290. The number of ether oxygens (including phenoxy) is 1. The molecular formula is C31H41F3N4O3Si. The average molecular weight is 603 g/mol. The van der Waals surface area contributed by atoms with Crippen molar-refractivity contribution >= 4 is 25.7 Å². The van der Waals surface area contributed by atoms with E-state index in [1.807, 2.05) is 0 Å². The van der Waals surface area contributed by atoms with Crippen LogP contribution in [0.2, 0.25) is 25.7 Å². The highest BCUT2D eigenvalue weighted by Crippen LogP contribution is 2.34. The summed E-state index contributed by atoms with van der Waals surface area (Å²) < 4.78 is 38.8. The first kappa shape index (κ1) is 33.4. The summed E-state index contributed by atoms with van der Waals surface area (Å²) in [7, 11) is -1.20. The molecule has 2 aliphatic rings. The van der Waals surface area contributed by atoms with Crippen molar-refractivity contribution in [2.24, 2.45) is 0 Å². The van der Waals surface area contributed by atoms with Crippen molar-refractivity contribution in [1.82, 2.24) is 14.9 Å². The first-order valence-electron chi connectivity index (χ1n) is 14.5. The molecule has 1 N–H and O–H groups in total. The number of Topliss-reactive ketones (excluding diaryl/α,β-unsaturated/α-hetero) is 1. The summed E-state index contributed by atoms with van der Waals surface area (Å²) in [5, 5.41) is 12.9. The zero-order valence-electron chi connectivity index (χ0n) is 24.7. The van der Waals surface area contributed by atoms with E-state index in [1.54, 1.807) is 10.8 Å². The van der Waals surface area contributed by atoms with Crippen LogP contribution in [0.25, 0.3) is 5.57 Å². The summed E-state index contributed by atoms with van der Waals surface area (Å²) in [6.07, 6.45) is 5.47. The van der Waals surface area contributed by atoms with Gasteiger partial charge in [0.1, 0.15) is 12.8 Å². The van der Waals surface area contributed by atoms with Gasteiger partial charge in [0.2, 0.25) is 12.1 Å². The molecule has 42 heavy (non-hydrogen) atoms. The minimum Gasteiger partial charge on any atom is -0.361 e. The van der Waals surface area contributed by atoms with E-state index in [4.69, 9.17) is 9.53 Å². The molecule has 0 spiro atoms. The molecule has 7 nitrogen and oxygen atoms in total. The highest BCUT2D eigenvalue weighted by molar-refractivity contribution is 6.76. The minimum absolute atomic E-state index is 0.0717. The first-order chi connectivity index (χ1) is 19.9. The highest BCUT2D eigenvalue weighted by atomic mass is 28.3. The number of benzene rings is 1. The van der Waals surface area contributed by atoms with E-state index in [1.165, 1.54) is 29.5 Å². The maximum absolute atomic E-state index is 13.5. The number of nitriles is 1. The SMILES string of the molecule is C[Si](C)(C)CCOCn1cc(C#N)nc1C(=O)Cc1ccc(C2CCNCC2)cc1C1=CCCCC1.O=CC(F)(F)F. The molecule has 2 aromatic rings. The van der Waals surface area contributed by atoms with Crippen LogP contribution in [-0.2, 0) is 22.7 Å². The van der Waals surface area contributed by atoms with Gasteiger partial charge in [-0.05, 0) is 85.8 Å². The number of ketones is 1. The zero-order chi connectivity index (χ0) is 30.8. The second-order valence-corrected chi connectivity index (χ2v) is 17.7. The number of allylic oxidation sites excluding steroid dienone is 2. The maximum Gasteiger partial charge on any atom is 0.446 e. The van der Waals surface area contributed by atoms with E-state index in [2.05, 4.69) is 60.3 Å². The number of hydrogen-bond donors (Lipinski definition) is 1. The van der Waals surface area contributed by atoms with Crippen LogP contribution < -0.4 is 5.32 Å². The number of carbonyl (C=O) groups excluding carboxylic acids is 2. The van der Waals surface area contributed by atoms with E-state index in [9.17, 15) is 23.2 Å². The van der Waals surface area contributed by atoms with Gasteiger partial charge in [0, 0.05) is 27.3 Å². The molecule has 4 rings (SSSR count). The molecule has 1 aromatic heterocycles. The lowest BCUT2D eigenvalue weighted by Gasteiger charge is -2.25. The summed E-state index contributed by atoms with van der Waals surface area (Å²) in [4.78, 5) is 26.6.